The largest absolute Gasteiger partial charge is 0.466 e. The molecule has 0 aromatic rings. The lowest BCUT2D eigenvalue weighted by atomic mass is 10.1. The van der Waals surface area contributed by atoms with E-state index in [2.05, 4.69) is 4.90 Å². The molecule has 0 spiro atoms. The molecule has 1 aliphatic rings. The second-order valence-electron chi connectivity index (χ2n) is 3.60. The zero-order valence-corrected chi connectivity index (χ0v) is 9.65. The number of carbonyl (C=O) groups is 1. The number of ether oxygens (including phenoxy) is 1. The molecule has 14 heavy (non-hydrogen) atoms. The van der Waals surface area contributed by atoms with Crippen molar-refractivity contribution in [3.63, 3.8) is 0 Å². The maximum atomic E-state index is 10.5. The number of rotatable bonds is 4. The zero-order chi connectivity index (χ0) is 9.52. The van der Waals surface area contributed by atoms with Crippen LogP contribution < -0.4 is 0 Å². The lowest BCUT2D eigenvalue weighted by Crippen LogP contribution is -2.31. The first kappa shape index (κ1) is 13.7. The van der Waals surface area contributed by atoms with Crippen molar-refractivity contribution < 1.29 is 9.53 Å². The molecule has 0 N–H and O–H groups in total. The first-order chi connectivity index (χ1) is 6.29. The summed E-state index contributed by atoms with van der Waals surface area (Å²) in [6.45, 7) is 5.56. The van der Waals surface area contributed by atoms with Crippen LogP contribution in [0.4, 0.5) is 0 Å². The molecule has 0 amide bonds. The molecular weight excluding hydrogens is 202 g/mol. The molecule has 1 aliphatic heterocycles. The number of piperidine rings is 1. The van der Waals surface area contributed by atoms with Gasteiger partial charge in [0.2, 0.25) is 0 Å². The van der Waals surface area contributed by atoms with Gasteiger partial charge in [-0.2, -0.15) is 0 Å². The summed E-state index contributed by atoms with van der Waals surface area (Å²) in [6.07, 6.45) is 5.00. The van der Waals surface area contributed by atoms with Gasteiger partial charge in [-0.1, -0.05) is 6.42 Å². The minimum atomic E-state index is -0.168. The van der Waals surface area contributed by atoms with E-state index in [1.54, 1.807) is 0 Å². The minimum absolute atomic E-state index is 0. The van der Waals surface area contributed by atoms with Crippen molar-refractivity contribution in [3.05, 3.63) is 0 Å². The van der Waals surface area contributed by atoms with E-state index >= 15 is 0 Å². The lowest BCUT2D eigenvalue weighted by Gasteiger charge is -2.26. The van der Waals surface area contributed by atoms with Gasteiger partial charge in [0.25, 0.3) is 0 Å². The van der Waals surface area contributed by atoms with E-state index in [0.717, 1.165) is 13.0 Å². The predicted molar refractivity (Wildman–Crippen MR) is 58.8 cm³/mol. The molecule has 0 aliphatic carbocycles. The second-order valence-corrected chi connectivity index (χ2v) is 3.60. The molecule has 0 aromatic heterocycles. The molecular formula is C10H20ClNO2. The first-order valence-electron chi connectivity index (χ1n) is 5.15. The van der Waals surface area contributed by atoms with E-state index in [1.807, 2.05) is 0 Å². The Hall–Kier alpha value is -0.280. The highest BCUT2D eigenvalue weighted by Crippen LogP contribution is 2.08. The van der Waals surface area contributed by atoms with Crippen molar-refractivity contribution in [3.8, 4) is 0 Å². The van der Waals surface area contributed by atoms with Crippen LogP contribution in [0.25, 0.3) is 0 Å². The van der Waals surface area contributed by atoms with Crippen molar-refractivity contribution in [2.45, 2.75) is 32.6 Å². The number of carbonyl (C=O) groups excluding carboxylic acids is 1. The van der Waals surface area contributed by atoms with Crippen LogP contribution in [0.3, 0.4) is 0 Å². The molecule has 0 saturated carbocycles. The van der Waals surface area contributed by atoms with Gasteiger partial charge in [0.15, 0.2) is 0 Å². The van der Waals surface area contributed by atoms with Crippen LogP contribution in [0.15, 0.2) is 0 Å². The summed E-state index contributed by atoms with van der Waals surface area (Å²) < 4.78 is 4.87. The van der Waals surface area contributed by atoms with E-state index in [4.69, 9.17) is 4.74 Å². The van der Waals surface area contributed by atoms with Gasteiger partial charge in [-0.05, 0) is 32.4 Å². The Labute approximate surface area is 92.2 Å². The standard InChI is InChI=1S/C10H19NO2.ClH/c1-10(12)13-9-5-8-11-6-3-2-4-7-11;/h2-9H2,1H3;1H. The first-order valence-corrected chi connectivity index (χ1v) is 5.15. The van der Waals surface area contributed by atoms with Crippen LogP contribution in [0.2, 0.25) is 0 Å². The Bertz CT molecular complexity index is 158. The van der Waals surface area contributed by atoms with E-state index in [-0.39, 0.29) is 18.4 Å². The summed E-state index contributed by atoms with van der Waals surface area (Å²) >= 11 is 0. The minimum Gasteiger partial charge on any atom is -0.466 e. The average molecular weight is 222 g/mol. The number of hydrogen-bond acceptors (Lipinski definition) is 3. The number of hydrogen-bond donors (Lipinski definition) is 0. The highest BCUT2D eigenvalue weighted by molar-refractivity contribution is 5.85. The van der Waals surface area contributed by atoms with Crippen LogP contribution in [0.1, 0.15) is 32.6 Å². The number of nitrogens with zero attached hydrogens (tertiary/aromatic N) is 1. The summed E-state index contributed by atoms with van der Waals surface area (Å²) in [5, 5.41) is 0. The maximum absolute atomic E-state index is 10.5. The van der Waals surface area contributed by atoms with Crippen molar-refractivity contribution in [1.82, 2.24) is 4.90 Å². The Balaban J connectivity index is 0.00000169. The second kappa shape index (κ2) is 8.06. The van der Waals surface area contributed by atoms with Crippen LogP contribution in [0, 0.1) is 0 Å². The van der Waals surface area contributed by atoms with E-state index in [1.165, 1.54) is 39.3 Å². The van der Waals surface area contributed by atoms with Crippen LogP contribution >= 0.6 is 12.4 Å². The molecule has 1 fully saturated rings. The Kier molecular flexibility index (Phi) is 7.90. The Morgan fingerprint density at radius 2 is 1.93 bits per heavy atom. The molecule has 0 unspecified atom stereocenters. The predicted octanol–water partition coefficient (Wildman–Crippen LogP) is 1.85. The molecule has 84 valence electrons. The highest BCUT2D eigenvalue weighted by Gasteiger charge is 2.08. The maximum Gasteiger partial charge on any atom is 0.302 e. The molecule has 1 saturated heterocycles. The van der Waals surface area contributed by atoms with Gasteiger partial charge in [-0.15, -0.1) is 12.4 Å². The number of esters is 1. The molecule has 0 aromatic carbocycles. The van der Waals surface area contributed by atoms with Gasteiger partial charge >= 0.3 is 5.97 Å². The molecule has 3 nitrogen and oxygen atoms in total. The molecule has 0 atom stereocenters. The van der Waals surface area contributed by atoms with Crippen molar-refractivity contribution >= 4 is 18.4 Å². The van der Waals surface area contributed by atoms with E-state index < -0.39 is 0 Å². The normalized spacial score (nSPS) is 17.2. The average Bonchev–Trinajstić information content (AvgIpc) is 2.14. The van der Waals surface area contributed by atoms with Crippen molar-refractivity contribution in [1.29, 1.82) is 0 Å². The van der Waals surface area contributed by atoms with Crippen LogP contribution in [0.5, 0.6) is 0 Å². The highest BCUT2D eigenvalue weighted by atomic mass is 35.5. The Morgan fingerprint density at radius 1 is 1.29 bits per heavy atom. The van der Waals surface area contributed by atoms with Gasteiger partial charge < -0.3 is 9.64 Å². The van der Waals surface area contributed by atoms with Crippen LogP contribution in [-0.2, 0) is 9.53 Å². The summed E-state index contributed by atoms with van der Waals surface area (Å²) in [5.74, 6) is -0.168. The summed E-state index contributed by atoms with van der Waals surface area (Å²) in [4.78, 5) is 12.9. The topological polar surface area (TPSA) is 29.5 Å². The fraction of sp³-hybridized carbons (Fsp3) is 0.900. The third kappa shape index (κ3) is 6.22. The number of likely N-dealkylation sites (tertiary alicyclic amines) is 1. The van der Waals surface area contributed by atoms with Crippen LogP contribution in [-0.4, -0.2) is 37.1 Å². The van der Waals surface area contributed by atoms with Gasteiger partial charge in [-0.25, -0.2) is 0 Å². The fourth-order valence-electron chi connectivity index (χ4n) is 1.69. The van der Waals surface area contributed by atoms with Crippen molar-refractivity contribution in [2.24, 2.45) is 0 Å². The van der Waals surface area contributed by atoms with E-state index in [9.17, 15) is 4.79 Å². The summed E-state index contributed by atoms with van der Waals surface area (Å²) in [6, 6.07) is 0. The van der Waals surface area contributed by atoms with Gasteiger partial charge in [-0.3, -0.25) is 4.79 Å². The third-order valence-corrected chi connectivity index (χ3v) is 2.37. The number of halogens is 1. The monoisotopic (exact) mass is 221 g/mol. The van der Waals surface area contributed by atoms with Gasteiger partial charge in [0, 0.05) is 13.5 Å². The quantitative estimate of drug-likeness (QED) is 0.536. The molecule has 1 heterocycles. The fourth-order valence-corrected chi connectivity index (χ4v) is 1.69. The SMILES string of the molecule is CC(=O)OCCCN1CCCCC1.Cl. The third-order valence-electron chi connectivity index (χ3n) is 2.37. The molecule has 1 rings (SSSR count). The Morgan fingerprint density at radius 3 is 2.50 bits per heavy atom. The van der Waals surface area contributed by atoms with Gasteiger partial charge in [0.1, 0.15) is 0 Å². The van der Waals surface area contributed by atoms with Gasteiger partial charge in [0.05, 0.1) is 6.61 Å². The lowest BCUT2D eigenvalue weighted by molar-refractivity contribution is -0.141. The smallest absolute Gasteiger partial charge is 0.302 e. The van der Waals surface area contributed by atoms with Crippen molar-refractivity contribution in [2.75, 3.05) is 26.2 Å². The molecule has 0 bridgehead atoms. The zero-order valence-electron chi connectivity index (χ0n) is 8.83. The summed E-state index contributed by atoms with van der Waals surface area (Å²) in [7, 11) is 0. The molecule has 0 radical (unpaired) electrons. The van der Waals surface area contributed by atoms with E-state index in [0.29, 0.717) is 6.61 Å². The molecule has 4 heteroatoms. The summed E-state index contributed by atoms with van der Waals surface area (Å²) in [5.41, 5.74) is 0.